The summed E-state index contributed by atoms with van der Waals surface area (Å²) in [6.07, 6.45) is 5.71. The summed E-state index contributed by atoms with van der Waals surface area (Å²) in [6, 6.07) is 1.20. The highest BCUT2D eigenvalue weighted by Gasteiger charge is 2.40. The van der Waals surface area contributed by atoms with Crippen LogP contribution < -0.4 is 10.6 Å². The number of amides is 1. The summed E-state index contributed by atoms with van der Waals surface area (Å²) >= 11 is 0. The summed E-state index contributed by atoms with van der Waals surface area (Å²) in [7, 11) is 1.79. The molecule has 2 rings (SSSR count). The van der Waals surface area contributed by atoms with Gasteiger partial charge in [0.15, 0.2) is 0 Å². The quantitative estimate of drug-likeness (QED) is 0.831. The van der Waals surface area contributed by atoms with E-state index >= 15 is 0 Å². The Morgan fingerprint density at radius 1 is 1.10 bits per heavy atom. The maximum absolute atomic E-state index is 11.7. The second-order valence-corrected chi connectivity index (χ2v) is 6.97. The van der Waals surface area contributed by atoms with Crippen molar-refractivity contribution in [1.82, 2.24) is 10.6 Å². The second-order valence-electron chi connectivity index (χ2n) is 6.97. The van der Waals surface area contributed by atoms with Gasteiger partial charge in [0.05, 0.1) is 6.10 Å². The Bertz CT molecular complexity index is 333. The first kappa shape index (κ1) is 15.6. The molecule has 0 bridgehead atoms. The predicted octanol–water partition coefficient (Wildman–Crippen LogP) is 2.20. The fourth-order valence-corrected chi connectivity index (χ4v) is 2.77. The topological polar surface area (TPSA) is 59.6 Å². The van der Waals surface area contributed by atoms with Crippen molar-refractivity contribution in [1.29, 1.82) is 0 Å². The molecule has 20 heavy (non-hydrogen) atoms. The van der Waals surface area contributed by atoms with Gasteiger partial charge in [-0.25, -0.2) is 4.79 Å². The van der Waals surface area contributed by atoms with E-state index in [0.29, 0.717) is 18.2 Å². The molecule has 0 saturated heterocycles. The molecule has 0 aromatic rings. The molecule has 2 N–H and O–H groups in total. The van der Waals surface area contributed by atoms with E-state index in [0.717, 1.165) is 32.1 Å². The van der Waals surface area contributed by atoms with Crippen LogP contribution in [-0.4, -0.2) is 43.0 Å². The zero-order valence-electron chi connectivity index (χ0n) is 13.1. The van der Waals surface area contributed by atoms with E-state index in [2.05, 4.69) is 10.6 Å². The normalized spacial score (nSPS) is 33.6. The van der Waals surface area contributed by atoms with E-state index in [1.54, 1.807) is 7.11 Å². The van der Waals surface area contributed by atoms with Crippen molar-refractivity contribution in [2.45, 2.75) is 82.7 Å². The van der Waals surface area contributed by atoms with Gasteiger partial charge in [0.2, 0.25) is 0 Å². The zero-order valence-corrected chi connectivity index (χ0v) is 13.1. The Labute approximate surface area is 121 Å². The predicted molar refractivity (Wildman–Crippen MR) is 77.8 cm³/mol. The molecule has 2 aliphatic rings. The maximum Gasteiger partial charge on any atom is 0.407 e. The number of rotatable bonds is 4. The zero-order chi connectivity index (χ0) is 14.8. The van der Waals surface area contributed by atoms with Crippen molar-refractivity contribution in [3.05, 3.63) is 0 Å². The summed E-state index contributed by atoms with van der Waals surface area (Å²) in [4.78, 5) is 11.7. The summed E-state index contributed by atoms with van der Waals surface area (Å²) < 4.78 is 10.6. The number of alkyl carbamates (subject to hydrolysis) is 1. The van der Waals surface area contributed by atoms with Crippen LogP contribution >= 0.6 is 0 Å². The van der Waals surface area contributed by atoms with Crippen LogP contribution in [0.2, 0.25) is 0 Å². The largest absolute Gasteiger partial charge is 0.444 e. The molecule has 116 valence electrons. The number of methoxy groups -OCH3 is 1. The molecule has 2 atom stereocenters. The molecule has 5 heteroatoms. The lowest BCUT2D eigenvalue weighted by atomic mass is 9.93. The number of hydrogen-bond donors (Lipinski definition) is 2. The third-order valence-corrected chi connectivity index (χ3v) is 3.95. The first-order chi connectivity index (χ1) is 9.37. The Morgan fingerprint density at radius 2 is 1.75 bits per heavy atom. The van der Waals surface area contributed by atoms with Crippen LogP contribution in [0.15, 0.2) is 0 Å². The van der Waals surface area contributed by atoms with Crippen molar-refractivity contribution in [2.24, 2.45) is 0 Å². The van der Waals surface area contributed by atoms with Crippen LogP contribution in [0.3, 0.4) is 0 Å². The van der Waals surface area contributed by atoms with Crippen LogP contribution in [0.5, 0.6) is 0 Å². The van der Waals surface area contributed by atoms with Gasteiger partial charge in [-0.15, -0.1) is 0 Å². The molecular formula is C15H28N2O3. The fraction of sp³-hybridized carbons (Fsp3) is 0.933. The van der Waals surface area contributed by atoms with Gasteiger partial charge in [0.25, 0.3) is 0 Å². The molecule has 0 aromatic heterocycles. The van der Waals surface area contributed by atoms with Gasteiger partial charge < -0.3 is 20.1 Å². The van der Waals surface area contributed by atoms with Crippen LogP contribution in [0.25, 0.3) is 0 Å². The lowest BCUT2D eigenvalue weighted by Gasteiger charge is -2.28. The molecule has 2 unspecified atom stereocenters. The maximum atomic E-state index is 11.7. The van der Waals surface area contributed by atoms with Gasteiger partial charge in [-0.05, 0) is 52.9 Å². The molecule has 0 radical (unpaired) electrons. The van der Waals surface area contributed by atoms with Crippen LogP contribution in [0.1, 0.15) is 52.9 Å². The lowest BCUT2D eigenvalue weighted by Crippen LogP contribution is -2.41. The monoisotopic (exact) mass is 284 g/mol. The molecule has 2 saturated carbocycles. The summed E-state index contributed by atoms with van der Waals surface area (Å²) in [5.74, 6) is 0. The molecule has 1 amide bonds. The minimum atomic E-state index is -0.430. The van der Waals surface area contributed by atoms with Crippen LogP contribution in [0.4, 0.5) is 4.79 Å². The first-order valence-corrected chi connectivity index (χ1v) is 7.66. The average Bonchev–Trinajstić information content (AvgIpc) is 3.05. The molecule has 2 fully saturated rings. The Kier molecular flexibility index (Phi) is 4.91. The van der Waals surface area contributed by atoms with Crippen LogP contribution in [0, 0.1) is 0 Å². The fourth-order valence-electron chi connectivity index (χ4n) is 2.77. The molecule has 2 aliphatic carbocycles. The summed E-state index contributed by atoms with van der Waals surface area (Å²) in [5.41, 5.74) is -0.430. The van der Waals surface area contributed by atoms with Crippen molar-refractivity contribution in [3.8, 4) is 0 Å². The highest BCUT2D eigenvalue weighted by molar-refractivity contribution is 5.68. The Hall–Kier alpha value is -0.810. The van der Waals surface area contributed by atoms with E-state index in [-0.39, 0.29) is 12.1 Å². The standard InChI is InChI=1S/C15H28N2O3/c1-15(2,3)20-14(18)17-13-9-12(13)16-10-5-7-11(19-4)8-6-10/h10-13,16H,5-9H2,1-4H3,(H,17,18). The molecule has 0 spiro atoms. The average molecular weight is 284 g/mol. The highest BCUT2D eigenvalue weighted by atomic mass is 16.6. The summed E-state index contributed by atoms with van der Waals surface area (Å²) in [5, 5.41) is 6.55. The third kappa shape index (κ3) is 4.94. The van der Waals surface area contributed by atoms with Crippen LogP contribution in [-0.2, 0) is 9.47 Å². The molecule has 5 nitrogen and oxygen atoms in total. The van der Waals surface area contributed by atoms with Gasteiger partial charge in [0.1, 0.15) is 5.60 Å². The Balaban J connectivity index is 1.62. The van der Waals surface area contributed by atoms with Crippen molar-refractivity contribution in [2.75, 3.05) is 7.11 Å². The van der Waals surface area contributed by atoms with E-state index in [1.165, 1.54) is 0 Å². The summed E-state index contributed by atoms with van der Waals surface area (Å²) in [6.45, 7) is 5.64. The van der Waals surface area contributed by atoms with E-state index in [4.69, 9.17) is 9.47 Å². The number of ether oxygens (including phenoxy) is 2. The van der Waals surface area contributed by atoms with Crippen molar-refractivity contribution in [3.63, 3.8) is 0 Å². The molecule has 0 aromatic carbocycles. The number of nitrogens with one attached hydrogen (secondary N) is 2. The number of hydrogen-bond acceptors (Lipinski definition) is 4. The van der Waals surface area contributed by atoms with Gasteiger partial charge in [-0.2, -0.15) is 0 Å². The van der Waals surface area contributed by atoms with Crippen molar-refractivity contribution >= 4 is 6.09 Å². The van der Waals surface area contributed by atoms with Gasteiger partial charge >= 0.3 is 6.09 Å². The van der Waals surface area contributed by atoms with E-state index in [9.17, 15) is 4.79 Å². The number of carbonyl (C=O) groups excluding carboxylic acids is 1. The number of carbonyl (C=O) groups is 1. The smallest absolute Gasteiger partial charge is 0.407 e. The highest BCUT2D eigenvalue weighted by Crippen LogP contribution is 2.27. The SMILES string of the molecule is COC1CCC(NC2CC2NC(=O)OC(C)(C)C)CC1. The third-order valence-electron chi connectivity index (χ3n) is 3.95. The minimum Gasteiger partial charge on any atom is -0.444 e. The van der Waals surface area contributed by atoms with E-state index < -0.39 is 5.60 Å². The van der Waals surface area contributed by atoms with Gasteiger partial charge in [0, 0.05) is 25.2 Å². The molecule has 0 heterocycles. The van der Waals surface area contributed by atoms with Gasteiger partial charge in [-0.1, -0.05) is 0 Å². The van der Waals surface area contributed by atoms with E-state index in [1.807, 2.05) is 20.8 Å². The Morgan fingerprint density at radius 3 is 2.30 bits per heavy atom. The minimum absolute atomic E-state index is 0.227. The molecular weight excluding hydrogens is 256 g/mol. The van der Waals surface area contributed by atoms with Crippen molar-refractivity contribution < 1.29 is 14.3 Å². The second kappa shape index (κ2) is 6.31. The van der Waals surface area contributed by atoms with Gasteiger partial charge in [-0.3, -0.25) is 0 Å². The molecule has 0 aliphatic heterocycles. The first-order valence-electron chi connectivity index (χ1n) is 7.66. The lowest BCUT2D eigenvalue weighted by molar-refractivity contribution is 0.0519.